The van der Waals surface area contributed by atoms with Gasteiger partial charge in [-0.1, -0.05) is 22.5 Å². The molecule has 1 unspecified atom stereocenters. The quantitative estimate of drug-likeness (QED) is 0.822. The largest absolute Gasteiger partial charge is 0.351 e. The lowest BCUT2D eigenvalue weighted by molar-refractivity contribution is -0.121. The van der Waals surface area contributed by atoms with Crippen LogP contribution in [0.3, 0.4) is 0 Å². The summed E-state index contributed by atoms with van der Waals surface area (Å²) in [5.74, 6) is 0.0972. The first-order chi connectivity index (χ1) is 6.18. The van der Waals surface area contributed by atoms with E-state index in [4.69, 9.17) is 0 Å². The molecule has 14 heavy (non-hydrogen) atoms. The van der Waals surface area contributed by atoms with E-state index in [1.807, 2.05) is 0 Å². The highest BCUT2D eigenvalue weighted by Crippen LogP contribution is 2.08. The van der Waals surface area contributed by atoms with Crippen LogP contribution in [0.5, 0.6) is 0 Å². The fourth-order valence-electron chi connectivity index (χ4n) is 1.42. The highest BCUT2D eigenvalue weighted by atomic mass is 79.9. The minimum absolute atomic E-state index is 0. The Labute approximate surface area is 99.2 Å². The fourth-order valence-corrected chi connectivity index (χ4v) is 1.56. The Morgan fingerprint density at radius 1 is 1.64 bits per heavy atom. The van der Waals surface area contributed by atoms with Gasteiger partial charge in [0.05, 0.1) is 0 Å². The highest BCUT2D eigenvalue weighted by molar-refractivity contribution is 9.11. The molecule has 1 fully saturated rings. The fraction of sp³-hybridized carbons (Fsp3) is 0.667. The lowest BCUT2D eigenvalue weighted by atomic mass is 10.1. The first-order valence-electron chi connectivity index (χ1n) is 4.52. The van der Waals surface area contributed by atoms with Crippen molar-refractivity contribution in [3.8, 4) is 0 Å². The normalized spacial score (nSPS) is 19.9. The van der Waals surface area contributed by atoms with Gasteiger partial charge in [-0.3, -0.25) is 4.79 Å². The molecule has 1 saturated heterocycles. The molecule has 1 rings (SSSR count). The van der Waals surface area contributed by atoms with Gasteiger partial charge in [-0.25, -0.2) is 0 Å². The third-order valence-corrected chi connectivity index (χ3v) is 2.35. The van der Waals surface area contributed by atoms with E-state index in [2.05, 4.69) is 33.1 Å². The smallest absolute Gasteiger partial charge is 0.221 e. The van der Waals surface area contributed by atoms with Gasteiger partial charge in [0.25, 0.3) is 0 Å². The lowest BCUT2D eigenvalue weighted by Crippen LogP contribution is -2.32. The van der Waals surface area contributed by atoms with E-state index in [1.165, 1.54) is 6.42 Å². The molecule has 0 spiro atoms. The van der Waals surface area contributed by atoms with Crippen LogP contribution in [0.15, 0.2) is 11.1 Å². The summed E-state index contributed by atoms with van der Waals surface area (Å²) in [6.07, 6.45) is 2.88. The molecule has 0 bridgehead atoms. The van der Waals surface area contributed by atoms with Crippen LogP contribution < -0.4 is 10.6 Å². The van der Waals surface area contributed by atoms with Crippen molar-refractivity contribution in [2.24, 2.45) is 0 Å². The summed E-state index contributed by atoms with van der Waals surface area (Å²) < 4.78 is 0.806. The number of rotatable bonds is 4. The first kappa shape index (κ1) is 13.9. The number of amides is 1. The second-order valence-corrected chi connectivity index (χ2v) is 4.41. The van der Waals surface area contributed by atoms with E-state index in [9.17, 15) is 4.79 Å². The topological polar surface area (TPSA) is 41.1 Å². The molecule has 0 aromatic carbocycles. The maximum Gasteiger partial charge on any atom is 0.221 e. The van der Waals surface area contributed by atoms with Crippen molar-refractivity contribution in [1.82, 2.24) is 10.6 Å². The van der Waals surface area contributed by atoms with Gasteiger partial charge in [0.15, 0.2) is 0 Å². The lowest BCUT2D eigenvalue weighted by Gasteiger charge is -2.09. The number of halogens is 2. The number of nitrogens with one attached hydrogen (secondary N) is 2. The number of carbonyl (C=O) groups is 1. The van der Waals surface area contributed by atoms with Gasteiger partial charge in [-0.05, 0) is 19.4 Å². The monoisotopic (exact) mass is 282 g/mol. The van der Waals surface area contributed by atoms with Gasteiger partial charge in [0, 0.05) is 23.5 Å². The summed E-state index contributed by atoms with van der Waals surface area (Å²) in [6.45, 7) is 5.21. The molecule has 1 amide bonds. The Morgan fingerprint density at radius 3 is 2.86 bits per heavy atom. The molecule has 0 aromatic heterocycles. The van der Waals surface area contributed by atoms with Crippen LogP contribution in [0, 0.1) is 0 Å². The molecule has 2 N–H and O–H groups in total. The Bertz CT molecular complexity index is 205. The van der Waals surface area contributed by atoms with E-state index >= 15 is 0 Å². The van der Waals surface area contributed by atoms with Crippen molar-refractivity contribution in [3.05, 3.63) is 11.1 Å². The van der Waals surface area contributed by atoms with E-state index in [0.717, 1.165) is 17.4 Å². The SMILES string of the molecule is C=C(Br)CNC(=O)CC1CCCN1.Cl. The van der Waals surface area contributed by atoms with Crippen molar-refractivity contribution in [2.45, 2.75) is 25.3 Å². The molecule has 1 atom stereocenters. The summed E-state index contributed by atoms with van der Waals surface area (Å²) in [5.41, 5.74) is 0. The zero-order chi connectivity index (χ0) is 9.68. The van der Waals surface area contributed by atoms with Crippen molar-refractivity contribution in [3.63, 3.8) is 0 Å². The van der Waals surface area contributed by atoms with Crippen LogP contribution in [0.4, 0.5) is 0 Å². The second kappa shape index (κ2) is 7.26. The average Bonchev–Trinajstić information content (AvgIpc) is 2.53. The van der Waals surface area contributed by atoms with Gasteiger partial charge < -0.3 is 10.6 Å². The molecule has 3 nitrogen and oxygen atoms in total. The van der Waals surface area contributed by atoms with Crippen LogP contribution in [0.1, 0.15) is 19.3 Å². The Hall–Kier alpha value is -0.0600. The molecule has 1 heterocycles. The zero-order valence-corrected chi connectivity index (χ0v) is 10.4. The van der Waals surface area contributed by atoms with Crippen LogP contribution in [-0.2, 0) is 4.79 Å². The summed E-state index contributed by atoms with van der Waals surface area (Å²) in [4.78, 5) is 11.3. The van der Waals surface area contributed by atoms with E-state index in [-0.39, 0.29) is 18.3 Å². The molecule has 0 aromatic rings. The van der Waals surface area contributed by atoms with Crippen LogP contribution >= 0.6 is 28.3 Å². The van der Waals surface area contributed by atoms with E-state index in [1.54, 1.807) is 0 Å². The average molecular weight is 284 g/mol. The van der Waals surface area contributed by atoms with Crippen LogP contribution in [-0.4, -0.2) is 25.0 Å². The van der Waals surface area contributed by atoms with Crippen molar-refractivity contribution in [1.29, 1.82) is 0 Å². The molecule has 1 aliphatic heterocycles. The third-order valence-electron chi connectivity index (χ3n) is 2.07. The minimum Gasteiger partial charge on any atom is -0.351 e. The summed E-state index contributed by atoms with van der Waals surface area (Å²) in [7, 11) is 0. The Kier molecular flexibility index (Phi) is 7.23. The highest BCUT2D eigenvalue weighted by Gasteiger charge is 2.16. The maximum atomic E-state index is 11.3. The summed E-state index contributed by atoms with van der Waals surface area (Å²) >= 11 is 3.19. The maximum absolute atomic E-state index is 11.3. The molecule has 0 aliphatic carbocycles. The van der Waals surface area contributed by atoms with Gasteiger partial charge in [-0.15, -0.1) is 12.4 Å². The molecule has 5 heteroatoms. The van der Waals surface area contributed by atoms with Gasteiger partial charge >= 0.3 is 0 Å². The number of hydrogen-bond donors (Lipinski definition) is 2. The third kappa shape index (κ3) is 5.62. The Balaban J connectivity index is 0.00000169. The van der Waals surface area contributed by atoms with E-state index < -0.39 is 0 Å². The van der Waals surface area contributed by atoms with Gasteiger partial charge in [0.1, 0.15) is 0 Å². The van der Waals surface area contributed by atoms with Crippen molar-refractivity contribution < 1.29 is 4.79 Å². The summed E-state index contributed by atoms with van der Waals surface area (Å²) in [6, 6.07) is 0.378. The molecule has 82 valence electrons. The molecule has 0 radical (unpaired) electrons. The zero-order valence-electron chi connectivity index (χ0n) is 8.01. The van der Waals surface area contributed by atoms with Gasteiger partial charge in [-0.2, -0.15) is 0 Å². The predicted octanol–water partition coefficient (Wildman–Crippen LogP) is 1.58. The molecule has 0 saturated carbocycles. The molecular formula is C9H16BrClN2O. The van der Waals surface area contributed by atoms with Crippen LogP contribution in [0.25, 0.3) is 0 Å². The van der Waals surface area contributed by atoms with Crippen molar-refractivity contribution in [2.75, 3.05) is 13.1 Å². The standard InChI is InChI=1S/C9H15BrN2O.ClH/c1-7(10)6-12-9(13)5-8-3-2-4-11-8;/h8,11H,1-6H2,(H,12,13);1H. The Morgan fingerprint density at radius 2 is 2.36 bits per heavy atom. The molecular weight excluding hydrogens is 267 g/mol. The molecule has 1 aliphatic rings. The summed E-state index contributed by atoms with van der Waals surface area (Å²) in [5, 5.41) is 6.06. The number of carbonyl (C=O) groups excluding carboxylic acids is 1. The minimum atomic E-state index is 0. The first-order valence-corrected chi connectivity index (χ1v) is 5.31. The van der Waals surface area contributed by atoms with E-state index in [0.29, 0.717) is 19.0 Å². The second-order valence-electron chi connectivity index (χ2n) is 3.29. The predicted molar refractivity (Wildman–Crippen MR) is 64.0 cm³/mol. The number of hydrogen-bond acceptors (Lipinski definition) is 2. The van der Waals surface area contributed by atoms with Crippen molar-refractivity contribution >= 4 is 34.2 Å². The van der Waals surface area contributed by atoms with Crippen LogP contribution in [0.2, 0.25) is 0 Å². The van der Waals surface area contributed by atoms with Gasteiger partial charge in [0.2, 0.25) is 5.91 Å².